The Hall–Kier alpha value is -0.280. The van der Waals surface area contributed by atoms with Crippen molar-refractivity contribution in [3.8, 4) is 0 Å². The molecule has 0 aromatic heterocycles. The van der Waals surface area contributed by atoms with Crippen molar-refractivity contribution in [2.24, 2.45) is 0 Å². The molecule has 4 heteroatoms. The molecule has 0 spiro atoms. The zero-order valence-corrected chi connectivity index (χ0v) is 8.10. The van der Waals surface area contributed by atoms with E-state index in [1.165, 1.54) is 6.92 Å². The summed E-state index contributed by atoms with van der Waals surface area (Å²) < 4.78 is 0. The fourth-order valence-corrected chi connectivity index (χ4v) is 1.03. The zero-order valence-electron chi connectivity index (χ0n) is 7.35. The molecule has 1 unspecified atom stereocenters. The summed E-state index contributed by atoms with van der Waals surface area (Å²) >= 11 is 5.33. The van der Waals surface area contributed by atoms with Crippen molar-refractivity contribution in [1.82, 2.24) is 5.32 Å². The summed E-state index contributed by atoms with van der Waals surface area (Å²) in [7, 11) is 0. The number of hydrogen-bond donors (Lipinski definition) is 2. The first-order valence-corrected chi connectivity index (χ1v) is 4.63. The van der Waals surface area contributed by atoms with Crippen molar-refractivity contribution in [2.45, 2.75) is 38.2 Å². The second kappa shape index (κ2) is 7.37. The molecule has 0 aromatic rings. The maximum absolute atomic E-state index is 10.4. The number of alkyl halides is 1. The van der Waals surface area contributed by atoms with Gasteiger partial charge < -0.3 is 10.4 Å². The molecule has 2 N–H and O–H groups in total. The van der Waals surface area contributed by atoms with E-state index in [-0.39, 0.29) is 5.91 Å². The fourth-order valence-electron chi connectivity index (χ4n) is 0.879. The van der Waals surface area contributed by atoms with Gasteiger partial charge in [0.2, 0.25) is 5.91 Å². The third-order valence-corrected chi connectivity index (χ3v) is 1.71. The van der Waals surface area contributed by atoms with Crippen LogP contribution >= 0.6 is 11.6 Å². The molecular weight excluding hydrogens is 178 g/mol. The Bertz CT molecular complexity index is 128. The first-order valence-electron chi connectivity index (χ1n) is 4.19. The van der Waals surface area contributed by atoms with Crippen LogP contribution in [0.5, 0.6) is 0 Å². The minimum absolute atomic E-state index is 0.00683. The first kappa shape index (κ1) is 11.7. The van der Waals surface area contributed by atoms with Gasteiger partial charge in [0.05, 0.1) is 0 Å². The molecule has 1 amide bonds. The van der Waals surface area contributed by atoms with Gasteiger partial charge in [-0.3, -0.25) is 4.79 Å². The van der Waals surface area contributed by atoms with Crippen molar-refractivity contribution in [1.29, 1.82) is 0 Å². The van der Waals surface area contributed by atoms with Gasteiger partial charge in [-0.15, -0.1) is 0 Å². The Labute approximate surface area is 78.1 Å². The van der Waals surface area contributed by atoms with E-state index >= 15 is 0 Å². The molecule has 0 heterocycles. The fraction of sp³-hybridized carbons (Fsp3) is 0.875. The highest BCUT2D eigenvalue weighted by molar-refractivity contribution is 6.19. The minimum atomic E-state index is -0.717. The van der Waals surface area contributed by atoms with E-state index in [2.05, 4.69) is 5.32 Å². The third-order valence-electron chi connectivity index (χ3n) is 1.49. The molecule has 0 radical (unpaired) electrons. The Kier molecular flexibility index (Phi) is 7.20. The van der Waals surface area contributed by atoms with Crippen LogP contribution in [0.3, 0.4) is 0 Å². The van der Waals surface area contributed by atoms with E-state index in [1.54, 1.807) is 0 Å². The van der Waals surface area contributed by atoms with Gasteiger partial charge in [0.25, 0.3) is 0 Å². The molecule has 0 rings (SSSR count). The van der Waals surface area contributed by atoms with Crippen molar-refractivity contribution in [3.63, 3.8) is 0 Å². The average Bonchev–Trinajstić information content (AvgIpc) is 1.95. The molecule has 0 fully saturated rings. The lowest BCUT2D eigenvalue weighted by molar-refractivity contribution is -0.118. The second-order valence-electron chi connectivity index (χ2n) is 2.77. The van der Waals surface area contributed by atoms with Crippen molar-refractivity contribution in [2.75, 3.05) is 6.54 Å². The molecule has 12 heavy (non-hydrogen) atoms. The number of hydrogen-bond acceptors (Lipinski definition) is 2. The quantitative estimate of drug-likeness (QED) is 0.493. The predicted octanol–water partition coefficient (Wildman–Crippen LogP) is 1.24. The van der Waals surface area contributed by atoms with Crippen LogP contribution in [-0.2, 0) is 4.79 Å². The molecule has 0 bridgehead atoms. The second-order valence-corrected chi connectivity index (χ2v) is 3.27. The molecule has 0 aliphatic heterocycles. The maximum atomic E-state index is 10.4. The minimum Gasteiger partial charge on any atom is -0.378 e. The van der Waals surface area contributed by atoms with Gasteiger partial charge >= 0.3 is 0 Å². The molecule has 0 aliphatic rings. The molecule has 3 nitrogen and oxygen atoms in total. The van der Waals surface area contributed by atoms with Gasteiger partial charge in [-0.05, 0) is 19.3 Å². The number of aliphatic hydroxyl groups excluding tert-OH is 1. The standard InChI is InChI=1S/C8H16ClNO2/c1-7(11)10-6-4-2-3-5-8(9)12/h8,12H,2-6H2,1H3,(H,10,11). The normalized spacial score (nSPS) is 12.6. The lowest BCUT2D eigenvalue weighted by Gasteiger charge is -2.02. The van der Waals surface area contributed by atoms with E-state index < -0.39 is 5.56 Å². The van der Waals surface area contributed by atoms with Crippen LogP contribution in [0, 0.1) is 0 Å². The van der Waals surface area contributed by atoms with Gasteiger partial charge in [0, 0.05) is 13.5 Å². The molecule has 0 saturated carbocycles. The van der Waals surface area contributed by atoms with Gasteiger partial charge in [0.15, 0.2) is 0 Å². The van der Waals surface area contributed by atoms with Crippen molar-refractivity contribution >= 4 is 17.5 Å². The van der Waals surface area contributed by atoms with Crippen LogP contribution in [0.2, 0.25) is 0 Å². The van der Waals surface area contributed by atoms with Crippen LogP contribution in [0.25, 0.3) is 0 Å². The number of amides is 1. The highest BCUT2D eigenvalue weighted by Gasteiger charge is 1.97. The van der Waals surface area contributed by atoms with Gasteiger partial charge in [-0.1, -0.05) is 18.0 Å². The van der Waals surface area contributed by atoms with E-state index in [9.17, 15) is 4.79 Å². The van der Waals surface area contributed by atoms with Crippen LogP contribution < -0.4 is 5.32 Å². The highest BCUT2D eigenvalue weighted by atomic mass is 35.5. The summed E-state index contributed by atoms with van der Waals surface area (Å²) in [5.74, 6) is 0.00683. The zero-order chi connectivity index (χ0) is 9.40. The molecule has 0 aromatic carbocycles. The molecule has 0 saturated heterocycles. The number of carbonyl (C=O) groups excluding carboxylic acids is 1. The predicted molar refractivity (Wildman–Crippen MR) is 49.0 cm³/mol. The Morgan fingerprint density at radius 3 is 2.67 bits per heavy atom. The Morgan fingerprint density at radius 1 is 1.50 bits per heavy atom. The largest absolute Gasteiger partial charge is 0.378 e. The van der Waals surface area contributed by atoms with Crippen LogP contribution in [0.1, 0.15) is 32.6 Å². The number of rotatable bonds is 6. The number of nitrogens with one attached hydrogen (secondary N) is 1. The van der Waals surface area contributed by atoms with Gasteiger partial charge in [-0.2, -0.15) is 0 Å². The van der Waals surface area contributed by atoms with E-state index in [1.807, 2.05) is 0 Å². The van der Waals surface area contributed by atoms with E-state index in [4.69, 9.17) is 16.7 Å². The summed E-state index contributed by atoms with van der Waals surface area (Å²) in [6.45, 7) is 2.22. The van der Waals surface area contributed by atoms with Crippen LogP contribution in [0.15, 0.2) is 0 Å². The summed E-state index contributed by atoms with van der Waals surface area (Å²) in [4.78, 5) is 10.4. The number of aliphatic hydroxyl groups is 1. The number of unbranched alkanes of at least 4 members (excludes halogenated alkanes) is 2. The first-order chi connectivity index (χ1) is 5.63. The van der Waals surface area contributed by atoms with Crippen molar-refractivity contribution in [3.05, 3.63) is 0 Å². The summed E-state index contributed by atoms with van der Waals surface area (Å²) in [5.41, 5.74) is -0.717. The maximum Gasteiger partial charge on any atom is 0.216 e. The monoisotopic (exact) mass is 193 g/mol. The van der Waals surface area contributed by atoms with Crippen molar-refractivity contribution < 1.29 is 9.90 Å². The summed E-state index contributed by atoms with van der Waals surface area (Å²) in [6.07, 6.45) is 3.47. The molecule has 1 atom stereocenters. The summed E-state index contributed by atoms with van der Waals surface area (Å²) in [5, 5.41) is 11.4. The SMILES string of the molecule is CC(=O)NCCCCCC(O)Cl. The Morgan fingerprint density at radius 2 is 2.17 bits per heavy atom. The van der Waals surface area contributed by atoms with Crippen LogP contribution in [0.4, 0.5) is 0 Å². The Balaban J connectivity index is 2.96. The lowest BCUT2D eigenvalue weighted by Crippen LogP contribution is -2.20. The van der Waals surface area contributed by atoms with Gasteiger partial charge in [-0.25, -0.2) is 0 Å². The third kappa shape index (κ3) is 9.72. The molecular formula is C8H16ClNO2. The lowest BCUT2D eigenvalue weighted by atomic mass is 10.2. The average molecular weight is 194 g/mol. The van der Waals surface area contributed by atoms with E-state index in [0.29, 0.717) is 13.0 Å². The summed E-state index contributed by atoms with van der Waals surface area (Å²) in [6, 6.07) is 0. The van der Waals surface area contributed by atoms with Crippen LogP contribution in [-0.4, -0.2) is 23.1 Å². The van der Waals surface area contributed by atoms with Gasteiger partial charge in [0.1, 0.15) is 5.56 Å². The molecule has 72 valence electrons. The van der Waals surface area contributed by atoms with E-state index in [0.717, 1.165) is 19.3 Å². The highest BCUT2D eigenvalue weighted by Crippen LogP contribution is 2.05. The number of carbonyl (C=O) groups is 1. The topological polar surface area (TPSA) is 49.3 Å². The smallest absolute Gasteiger partial charge is 0.216 e. The molecule has 0 aliphatic carbocycles. The number of halogens is 1.